The van der Waals surface area contributed by atoms with Crippen molar-refractivity contribution in [3.05, 3.63) is 59.8 Å². The molecule has 4 amide bonds. The number of ether oxygens (including phenoxy) is 1. The first-order chi connectivity index (χ1) is 17.8. The number of aromatic nitrogens is 1. The van der Waals surface area contributed by atoms with Crippen LogP contribution in [0.2, 0.25) is 0 Å². The van der Waals surface area contributed by atoms with E-state index in [4.69, 9.17) is 10.5 Å². The molecule has 0 spiro atoms. The monoisotopic (exact) mass is 503 g/mol. The fourth-order valence-corrected chi connectivity index (χ4v) is 4.85. The number of anilines is 1. The van der Waals surface area contributed by atoms with E-state index in [1.807, 2.05) is 30.3 Å². The van der Waals surface area contributed by atoms with Gasteiger partial charge >= 0.3 is 0 Å². The summed E-state index contributed by atoms with van der Waals surface area (Å²) in [5.74, 6) is -1.63. The molecule has 1 aliphatic heterocycles. The molecule has 0 saturated heterocycles. The highest BCUT2D eigenvalue weighted by atomic mass is 16.5. The van der Waals surface area contributed by atoms with Crippen molar-refractivity contribution in [2.75, 3.05) is 12.4 Å². The van der Waals surface area contributed by atoms with Crippen LogP contribution in [0.5, 0.6) is 5.75 Å². The van der Waals surface area contributed by atoms with Crippen LogP contribution in [0.3, 0.4) is 0 Å². The molecule has 1 aliphatic carbocycles. The minimum Gasteiger partial charge on any atom is -0.496 e. The van der Waals surface area contributed by atoms with Crippen LogP contribution in [0.4, 0.5) is 5.69 Å². The molecule has 10 heteroatoms. The average Bonchev–Trinajstić information content (AvgIpc) is 3.49. The number of primary amides is 1. The number of fused-ring (bicyclic) bond motifs is 2. The number of hydrogen-bond donors (Lipinski definition) is 5. The van der Waals surface area contributed by atoms with Gasteiger partial charge in [0.1, 0.15) is 23.5 Å². The van der Waals surface area contributed by atoms with E-state index < -0.39 is 35.7 Å². The third-order valence-corrected chi connectivity index (χ3v) is 7.02. The first-order valence-corrected chi connectivity index (χ1v) is 12.3. The third kappa shape index (κ3) is 5.13. The van der Waals surface area contributed by atoms with Crippen LogP contribution >= 0.6 is 0 Å². The SMILES string of the molecule is COc1cccc2[nH]c(C(=O)NC(CC3CC3)C(=O)N[C@@H](CC3C(=O)Nc4ccccc43)C(N)=O)cc12. The van der Waals surface area contributed by atoms with Gasteiger partial charge in [-0.3, -0.25) is 19.2 Å². The Bertz CT molecular complexity index is 1380. The number of carbonyl (C=O) groups excluding carboxylic acids is 4. The Morgan fingerprint density at radius 2 is 1.84 bits per heavy atom. The molecule has 2 aromatic carbocycles. The van der Waals surface area contributed by atoms with Crippen LogP contribution in [-0.4, -0.2) is 47.8 Å². The zero-order valence-corrected chi connectivity index (χ0v) is 20.4. The Morgan fingerprint density at radius 1 is 1.05 bits per heavy atom. The highest BCUT2D eigenvalue weighted by Gasteiger charge is 2.37. The summed E-state index contributed by atoms with van der Waals surface area (Å²) in [5.41, 5.74) is 8.08. The first kappa shape index (κ1) is 24.4. The van der Waals surface area contributed by atoms with E-state index >= 15 is 0 Å². The number of rotatable bonds is 10. The predicted molar refractivity (Wildman–Crippen MR) is 137 cm³/mol. The molecule has 3 atom stereocenters. The molecule has 2 aliphatic rings. The van der Waals surface area contributed by atoms with Crippen LogP contribution < -0.4 is 26.4 Å². The quantitative estimate of drug-likeness (QED) is 0.287. The molecule has 192 valence electrons. The van der Waals surface area contributed by atoms with Gasteiger partial charge < -0.3 is 31.4 Å². The van der Waals surface area contributed by atoms with Crippen LogP contribution in [-0.2, 0) is 14.4 Å². The summed E-state index contributed by atoms with van der Waals surface area (Å²) in [4.78, 5) is 54.3. The molecule has 0 bridgehead atoms. The topological polar surface area (TPSA) is 155 Å². The second-order valence-corrected chi connectivity index (χ2v) is 9.64. The van der Waals surface area contributed by atoms with Gasteiger partial charge in [-0.2, -0.15) is 0 Å². The maximum atomic E-state index is 13.3. The molecular weight excluding hydrogens is 474 g/mol. The fraction of sp³-hybridized carbons (Fsp3) is 0.333. The average molecular weight is 504 g/mol. The summed E-state index contributed by atoms with van der Waals surface area (Å²) in [6.07, 6.45) is 2.41. The third-order valence-electron chi connectivity index (χ3n) is 7.02. The summed E-state index contributed by atoms with van der Waals surface area (Å²) in [6.45, 7) is 0. The minimum absolute atomic E-state index is 0.0236. The van der Waals surface area contributed by atoms with E-state index in [1.165, 1.54) is 0 Å². The molecule has 1 fully saturated rings. The van der Waals surface area contributed by atoms with E-state index in [-0.39, 0.29) is 12.3 Å². The lowest BCUT2D eigenvalue weighted by Gasteiger charge is -2.23. The van der Waals surface area contributed by atoms with Gasteiger partial charge in [0.05, 0.1) is 13.0 Å². The molecule has 6 N–H and O–H groups in total. The van der Waals surface area contributed by atoms with Crippen LogP contribution in [0.1, 0.15) is 47.7 Å². The number of nitrogens with one attached hydrogen (secondary N) is 4. The van der Waals surface area contributed by atoms with Gasteiger partial charge in [-0.25, -0.2) is 0 Å². The highest BCUT2D eigenvalue weighted by Crippen LogP contribution is 2.36. The summed E-state index contributed by atoms with van der Waals surface area (Å²) >= 11 is 0. The van der Waals surface area contributed by atoms with Gasteiger partial charge in [0.25, 0.3) is 5.91 Å². The number of para-hydroxylation sites is 1. The molecule has 2 unspecified atom stereocenters. The maximum absolute atomic E-state index is 13.3. The summed E-state index contributed by atoms with van der Waals surface area (Å²) in [6, 6.07) is 12.4. The molecule has 1 aromatic heterocycles. The number of hydrogen-bond acceptors (Lipinski definition) is 5. The van der Waals surface area contributed by atoms with Gasteiger partial charge in [0, 0.05) is 16.6 Å². The van der Waals surface area contributed by atoms with Gasteiger partial charge in [-0.05, 0) is 48.6 Å². The zero-order valence-electron chi connectivity index (χ0n) is 20.4. The summed E-state index contributed by atoms with van der Waals surface area (Å²) in [5, 5.41) is 9.05. The lowest BCUT2D eigenvalue weighted by Crippen LogP contribution is -2.53. The lowest BCUT2D eigenvalue weighted by atomic mass is 9.92. The molecule has 37 heavy (non-hydrogen) atoms. The molecule has 3 aromatic rings. The Kier molecular flexibility index (Phi) is 6.56. The Balaban J connectivity index is 1.31. The van der Waals surface area contributed by atoms with Crippen molar-refractivity contribution in [2.24, 2.45) is 11.7 Å². The Hall–Kier alpha value is -4.34. The minimum atomic E-state index is -1.08. The fourth-order valence-electron chi connectivity index (χ4n) is 4.85. The molecular formula is C27H29N5O5. The van der Waals surface area contributed by atoms with E-state index in [0.29, 0.717) is 29.5 Å². The number of H-pyrrole nitrogens is 1. The normalized spacial score (nSPS) is 18.0. The molecule has 5 rings (SSSR count). The standard InChI is InChI=1S/C27H29N5O5/c1-37-23-8-4-7-19-17(23)13-22(29-19)27(36)32-21(11-14-9-10-14)26(35)31-20(24(28)33)12-16-15-5-2-3-6-18(15)30-25(16)34/h2-8,13-14,16,20-21,29H,9-12H2,1H3,(H2,28,33)(H,30,34)(H,31,35)(H,32,36)/t16?,20-,21?/m0/s1. The van der Waals surface area contributed by atoms with E-state index in [2.05, 4.69) is 20.9 Å². The largest absolute Gasteiger partial charge is 0.496 e. The van der Waals surface area contributed by atoms with Crippen LogP contribution in [0, 0.1) is 5.92 Å². The van der Waals surface area contributed by atoms with Gasteiger partial charge in [-0.1, -0.05) is 37.1 Å². The second kappa shape index (κ2) is 9.96. The van der Waals surface area contributed by atoms with Crippen molar-refractivity contribution in [2.45, 2.75) is 43.7 Å². The second-order valence-electron chi connectivity index (χ2n) is 9.64. The number of methoxy groups -OCH3 is 1. The summed E-state index contributed by atoms with van der Waals surface area (Å²) in [7, 11) is 1.56. The van der Waals surface area contributed by atoms with Crippen molar-refractivity contribution in [3.63, 3.8) is 0 Å². The van der Waals surface area contributed by atoms with Gasteiger partial charge in [0.15, 0.2) is 0 Å². The Labute approximate surface area is 213 Å². The van der Waals surface area contributed by atoms with Crippen molar-refractivity contribution >= 4 is 40.2 Å². The van der Waals surface area contributed by atoms with Gasteiger partial charge in [0.2, 0.25) is 17.7 Å². The molecule has 2 heterocycles. The molecule has 1 saturated carbocycles. The van der Waals surface area contributed by atoms with Crippen molar-refractivity contribution < 1.29 is 23.9 Å². The van der Waals surface area contributed by atoms with Crippen LogP contribution in [0.15, 0.2) is 48.5 Å². The van der Waals surface area contributed by atoms with Crippen molar-refractivity contribution in [1.82, 2.24) is 15.6 Å². The maximum Gasteiger partial charge on any atom is 0.268 e. The number of carbonyl (C=O) groups is 4. The number of nitrogens with two attached hydrogens (primary N) is 1. The van der Waals surface area contributed by atoms with E-state index in [0.717, 1.165) is 29.3 Å². The van der Waals surface area contributed by atoms with Crippen molar-refractivity contribution in [3.8, 4) is 5.75 Å². The van der Waals surface area contributed by atoms with E-state index in [9.17, 15) is 19.2 Å². The smallest absolute Gasteiger partial charge is 0.268 e. The first-order valence-electron chi connectivity index (χ1n) is 12.3. The molecule has 0 radical (unpaired) electrons. The number of aromatic amines is 1. The molecule has 10 nitrogen and oxygen atoms in total. The lowest BCUT2D eigenvalue weighted by molar-refractivity contribution is -0.129. The number of benzene rings is 2. The number of amides is 4. The summed E-state index contributed by atoms with van der Waals surface area (Å²) < 4.78 is 5.36. The van der Waals surface area contributed by atoms with Crippen molar-refractivity contribution in [1.29, 1.82) is 0 Å². The van der Waals surface area contributed by atoms with E-state index in [1.54, 1.807) is 25.3 Å². The highest BCUT2D eigenvalue weighted by molar-refractivity contribution is 6.04. The van der Waals surface area contributed by atoms with Crippen LogP contribution in [0.25, 0.3) is 10.9 Å². The zero-order chi connectivity index (χ0) is 26.1. The predicted octanol–water partition coefficient (Wildman–Crippen LogP) is 2.17. The Morgan fingerprint density at radius 3 is 2.57 bits per heavy atom. The van der Waals surface area contributed by atoms with Gasteiger partial charge in [-0.15, -0.1) is 0 Å².